The standard InChI is InChI=1S/C14H13F3N2S/c1-3-20-13-18-11(8-12(19-13)14(15,16)17)10-6-4-9(2)5-7-10/h4-8H,3H2,1-2H3. The number of rotatable bonds is 3. The minimum Gasteiger partial charge on any atom is -0.222 e. The highest BCUT2D eigenvalue weighted by Gasteiger charge is 2.33. The molecule has 2 aromatic rings. The number of benzene rings is 1. The summed E-state index contributed by atoms with van der Waals surface area (Å²) in [5.74, 6) is 0.620. The molecule has 0 unspecified atom stereocenters. The van der Waals surface area contributed by atoms with Gasteiger partial charge in [0, 0.05) is 5.56 Å². The first-order valence-electron chi connectivity index (χ1n) is 6.06. The number of aromatic nitrogens is 2. The Morgan fingerprint density at radius 3 is 2.30 bits per heavy atom. The fourth-order valence-corrected chi connectivity index (χ4v) is 2.22. The summed E-state index contributed by atoms with van der Waals surface area (Å²) >= 11 is 1.20. The van der Waals surface area contributed by atoms with Crippen molar-refractivity contribution in [3.63, 3.8) is 0 Å². The molecule has 106 valence electrons. The van der Waals surface area contributed by atoms with Crippen LogP contribution in [0.1, 0.15) is 18.2 Å². The lowest BCUT2D eigenvalue weighted by molar-refractivity contribution is -0.141. The summed E-state index contributed by atoms with van der Waals surface area (Å²) in [6.07, 6.45) is -4.47. The Labute approximate surface area is 119 Å². The zero-order chi connectivity index (χ0) is 14.8. The molecule has 1 aromatic heterocycles. The Morgan fingerprint density at radius 1 is 1.10 bits per heavy atom. The summed E-state index contributed by atoms with van der Waals surface area (Å²) in [6, 6.07) is 8.20. The normalized spacial score (nSPS) is 11.7. The number of hydrogen-bond donors (Lipinski definition) is 0. The van der Waals surface area contributed by atoms with Gasteiger partial charge in [0.1, 0.15) is 5.69 Å². The average Bonchev–Trinajstić information content (AvgIpc) is 2.38. The van der Waals surface area contributed by atoms with Crippen molar-refractivity contribution in [1.29, 1.82) is 0 Å². The van der Waals surface area contributed by atoms with Crippen molar-refractivity contribution in [2.24, 2.45) is 0 Å². The fraction of sp³-hybridized carbons (Fsp3) is 0.286. The van der Waals surface area contributed by atoms with E-state index in [0.29, 0.717) is 17.0 Å². The molecule has 0 saturated carbocycles. The van der Waals surface area contributed by atoms with Crippen LogP contribution in [0.5, 0.6) is 0 Å². The quantitative estimate of drug-likeness (QED) is 0.612. The van der Waals surface area contributed by atoms with Gasteiger partial charge in [0.25, 0.3) is 0 Å². The van der Waals surface area contributed by atoms with Gasteiger partial charge in [-0.1, -0.05) is 48.5 Å². The van der Waals surface area contributed by atoms with Gasteiger partial charge < -0.3 is 0 Å². The van der Waals surface area contributed by atoms with Crippen LogP contribution in [0, 0.1) is 6.92 Å². The van der Waals surface area contributed by atoms with E-state index in [9.17, 15) is 13.2 Å². The zero-order valence-electron chi connectivity index (χ0n) is 11.0. The van der Waals surface area contributed by atoms with Crippen LogP contribution >= 0.6 is 11.8 Å². The maximum absolute atomic E-state index is 12.9. The Bertz CT molecular complexity index is 594. The van der Waals surface area contributed by atoms with Gasteiger partial charge in [-0.25, -0.2) is 9.97 Å². The molecule has 0 amide bonds. The van der Waals surface area contributed by atoms with Crippen molar-refractivity contribution in [3.8, 4) is 11.3 Å². The molecule has 1 aromatic carbocycles. The molecule has 0 saturated heterocycles. The van der Waals surface area contributed by atoms with Crippen molar-refractivity contribution < 1.29 is 13.2 Å². The van der Waals surface area contributed by atoms with E-state index < -0.39 is 11.9 Å². The molecule has 1 heterocycles. The molecule has 0 fully saturated rings. The first-order valence-corrected chi connectivity index (χ1v) is 7.05. The van der Waals surface area contributed by atoms with Gasteiger partial charge in [-0.3, -0.25) is 0 Å². The molecular formula is C14H13F3N2S. The summed E-state index contributed by atoms with van der Waals surface area (Å²) < 4.78 is 38.6. The minimum atomic E-state index is -4.47. The lowest BCUT2D eigenvalue weighted by Crippen LogP contribution is -2.10. The summed E-state index contributed by atoms with van der Waals surface area (Å²) in [6.45, 7) is 3.77. The highest BCUT2D eigenvalue weighted by atomic mass is 32.2. The van der Waals surface area contributed by atoms with Crippen molar-refractivity contribution >= 4 is 11.8 Å². The SMILES string of the molecule is CCSc1nc(-c2ccc(C)cc2)cc(C(F)(F)F)n1. The van der Waals surface area contributed by atoms with Crippen LogP contribution in [0.2, 0.25) is 0 Å². The molecule has 0 radical (unpaired) electrons. The van der Waals surface area contributed by atoms with Crippen molar-refractivity contribution in [3.05, 3.63) is 41.6 Å². The first kappa shape index (κ1) is 14.8. The van der Waals surface area contributed by atoms with Crippen LogP contribution in [0.15, 0.2) is 35.5 Å². The van der Waals surface area contributed by atoms with Crippen molar-refractivity contribution in [2.75, 3.05) is 5.75 Å². The van der Waals surface area contributed by atoms with Crippen molar-refractivity contribution in [1.82, 2.24) is 9.97 Å². The van der Waals surface area contributed by atoms with Gasteiger partial charge in [0.15, 0.2) is 5.16 Å². The number of nitrogens with zero attached hydrogens (tertiary/aromatic N) is 2. The second kappa shape index (κ2) is 5.83. The topological polar surface area (TPSA) is 25.8 Å². The predicted octanol–water partition coefficient (Wildman–Crippen LogP) is 4.58. The third-order valence-corrected chi connectivity index (χ3v) is 3.35. The molecule has 0 N–H and O–H groups in total. The number of aryl methyl sites for hydroxylation is 1. The highest BCUT2D eigenvalue weighted by Crippen LogP contribution is 2.31. The average molecular weight is 298 g/mol. The maximum atomic E-state index is 12.9. The van der Waals surface area contributed by atoms with Gasteiger partial charge in [0.05, 0.1) is 5.69 Å². The van der Waals surface area contributed by atoms with Crippen molar-refractivity contribution in [2.45, 2.75) is 25.2 Å². The van der Waals surface area contributed by atoms with Crippen LogP contribution in [0.3, 0.4) is 0 Å². The second-order valence-electron chi connectivity index (χ2n) is 4.22. The second-order valence-corrected chi connectivity index (χ2v) is 5.45. The summed E-state index contributed by atoms with van der Waals surface area (Å²) in [7, 11) is 0. The zero-order valence-corrected chi connectivity index (χ0v) is 11.8. The third-order valence-electron chi connectivity index (χ3n) is 2.62. The molecule has 0 spiro atoms. The predicted molar refractivity (Wildman–Crippen MR) is 73.6 cm³/mol. The summed E-state index contributed by atoms with van der Waals surface area (Å²) in [4.78, 5) is 7.75. The Hall–Kier alpha value is -1.56. The monoisotopic (exact) mass is 298 g/mol. The van der Waals surface area contributed by atoms with Crippen LogP contribution in [-0.2, 0) is 6.18 Å². The van der Waals surface area contributed by atoms with E-state index in [2.05, 4.69) is 9.97 Å². The number of thioether (sulfide) groups is 1. The smallest absolute Gasteiger partial charge is 0.222 e. The third kappa shape index (κ3) is 3.50. The number of alkyl halides is 3. The molecule has 2 rings (SSSR count). The molecule has 0 atom stereocenters. The van der Waals surface area contributed by atoms with Gasteiger partial charge in [0.2, 0.25) is 0 Å². The van der Waals surface area contributed by atoms with E-state index in [1.165, 1.54) is 11.8 Å². The Kier molecular flexibility index (Phi) is 4.32. The molecule has 0 bridgehead atoms. The number of halogens is 3. The Balaban J connectivity index is 2.51. The van der Waals surface area contributed by atoms with Gasteiger partial charge >= 0.3 is 6.18 Å². The van der Waals surface area contributed by atoms with E-state index in [0.717, 1.165) is 11.6 Å². The molecule has 6 heteroatoms. The van der Waals surface area contributed by atoms with Crippen LogP contribution < -0.4 is 0 Å². The number of hydrogen-bond acceptors (Lipinski definition) is 3. The van der Waals surface area contributed by atoms with E-state index >= 15 is 0 Å². The van der Waals surface area contributed by atoms with Crippen LogP contribution in [0.25, 0.3) is 11.3 Å². The minimum absolute atomic E-state index is 0.151. The lowest BCUT2D eigenvalue weighted by atomic mass is 10.1. The lowest BCUT2D eigenvalue weighted by Gasteiger charge is -2.10. The van der Waals surface area contributed by atoms with E-state index in [1.807, 2.05) is 26.0 Å². The molecular weight excluding hydrogens is 285 g/mol. The van der Waals surface area contributed by atoms with Gasteiger partial charge in [-0.2, -0.15) is 13.2 Å². The Morgan fingerprint density at radius 2 is 1.75 bits per heavy atom. The fourth-order valence-electron chi connectivity index (χ4n) is 1.64. The largest absolute Gasteiger partial charge is 0.433 e. The molecule has 20 heavy (non-hydrogen) atoms. The maximum Gasteiger partial charge on any atom is 0.433 e. The first-order chi connectivity index (χ1) is 9.40. The van der Waals surface area contributed by atoms with E-state index in [-0.39, 0.29) is 5.16 Å². The van der Waals surface area contributed by atoms with E-state index in [1.54, 1.807) is 12.1 Å². The van der Waals surface area contributed by atoms with E-state index in [4.69, 9.17) is 0 Å². The van der Waals surface area contributed by atoms with Gasteiger partial charge in [-0.05, 0) is 18.7 Å². The molecule has 0 aliphatic rings. The summed E-state index contributed by atoms with van der Waals surface area (Å²) in [5, 5.41) is 0.151. The molecule has 0 aliphatic heterocycles. The molecule has 2 nitrogen and oxygen atoms in total. The molecule has 0 aliphatic carbocycles. The van der Waals surface area contributed by atoms with Crippen LogP contribution in [0.4, 0.5) is 13.2 Å². The highest BCUT2D eigenvalue weighted by molar-refractivity contribution is 7.99. The van der Waals surface area contributed by atoms with Gasteiger partial charge in [-0.15, -0.1) is 0 Å². The van der Waals surface area contributed by atoms with Crippen LogP contribution in [-0.4, -0.2) is 15.7 Å². The summed E-state index contributed by atoms with van der Waals surface area (Å²) in [5.41, 5.74) is 1.09.